The predicted octanol–water partition coefficient (Wildman–Crippen LogP) is 3.32. The van der Waals surface area contributed by atoms with E-state index in [1.807, 2.05) is 24.3 Å². The van der Waals surface area contributed by atoms with Gasteiger partial charge in [0.15, 0.2) is 6.20 Å². The smallest absolute Gasteiger partial charge is 0.335 e. The van der Waals surface area contributed by atoms with Crippen LogP contribution in [0.25, 0.3) is 11.4 Å². The average molecular weight is 446 g/mol. The number of anilines is 2. The topological polar surface area (TPSA) is 166 Å². The van der Waals surface area contributed by atoms with Crippen LogP contribution in [0.3, 0.4) is 0 Å². The van der Waals surface area contributed by atoms with Crippen LogP contribution in [0.5, 0.6) is 0 Å². The third kappa shape index (κ3) is 8.02. The number of hydrogen-bond donors (Lipinski definition) is 4. The minimum Gasteiger partial charge on any atom is -0.618 e. The summed E-state index contributed by atoms with van der Waals surface area (Å²) < 4.78 is 0.808. The molecule has 2 aromatic carbocycles. The number of nitrogens with two attached hydrogens (primary N) is 2. The highest BCUT2D eigenvalue weighted by Gasteiger charge is 2.06. The Morgan fingerprint density at radius 1 is 0.727 bits per heavy atom. The van der Waals surface area contributed by atoms with Crippen molar-refractivity contribution in [1.29, 1.82) is 0 Å². The first-order chi connectivity index (χ1) is 15.8. The van der Waals surface area contributed by atoms with Crippen LogP contribution < -0.4 is 16.2 Å². The zero-order chi connectivity index (χ0) is 24.2. The van der Waals surface area contributed by atoms with E-state index in [-0.39, 0.29) is 11.1 Å². The van der Waals surface area contributed by atoms with Gasteiger partial charge in [0.1, 0.15) is 5.69 Å². The first kappa shape index (κ1) is 24.4. The van der Waals surface area contributed by atoms with Crippen LogP contribution in [-0.2, 0) is 0 Å². The van der Waals surface area contributed by atoms with Gasteiger partial charge in [0.2, 0.25) is 5.69 Å². The van der Waals surface area contributed by atoms with Gasteiger partial charge in [0.25, 0.3) is 0 Å². The van der Waals surface area contributed by atoms with Crippen molar-refractivity contribution in [3.05, 3.63) is 114 Å². The average Bonchev–Trinajstić information content (AvgIpc) is 2.81. The Balaban J connectivity index is 0.000000178. The number of benzene rings is 2. The number of aromatic carboxylic acids is 2. The summed E-state index contributed by atoms with van der Waals surface area (Å²) in [6.07, 6.45) is 3.13. The van der Waals surface area contributed by atoms with E-state index < -0.39 is 11.9 Å². The summed E-state index contributed by atoms with van der Waals surface area (Å²) in [7, 11) is 0. The summed E-state index contributed by atoms with van der Waals surface area (Å²) >= 11 is 0. The minimum absolute atomic E-state index is 0.259. The second kappa shape index (κ2) is 12.1. The summed E-state index contributed by atoms with van der Waals surface area (Å²) in [5, 5.41) is 28.2. The van der Waals surface area contributed by atoms with E-state index in [1.165, 1.54) is 30.5 Å². The number of pyridine rings is 2. The van der Waals surface area contributed by atoms with Gasteiger partial charge in [-0.1, -0.05) is 6.07 Å². The number of carbonyl (C=O) groups is 2. The lowest BCUT2D eigenvalue weighted by Gasteiger charge is -2.01. The molecule has 9 heteroatoms. The fourth-order valence-corrected chi connectivity index (χ4v) is 2.39. The number of nitrogens with zero attached hydrogens (tertiary/aromatic N) is 2. The van der Waals surface area contributed by atoms with E-state index in [0.717, 1.165) is 4.73 Å². The predicted molar refractivity (Wildman–Crippen MR) is 124 cm³/mol. The largest absolute Gasteiger partial charge is 0.618 e. The summed E-state index contributed by atoms with van der Waals surface area (Å²) in [5.74, 6) is -1.86. The van der Waals surface area contributed by atoms with Crippen molar-refractivity contribution in [1.82, 2.24) is 4.98 Å². The SMILES string of the molecule is Nc1ccc(C(=O)O)cc1.Nc1ccc(C(=O)O)cc1.[O-][n+]1ccccc1-c1ccccn1. The molecule has 0 fully saturated rings. The number of aromatic nitrogens is 2. The molecular weight excluding hydrogens is 424 g/mol. The van der Waals surface area contributed by atoms with Gasteiger partial charge in [-0.05, 0) is 66.7 Å². The van der Waals surface area contributed by atoms with E-state index in [0.29, 0.717) is 22.8 Å². The van der Waals surface area contributed by atoms with Crippen LogP contribution in [0.1, 0.15) is 20.7 Å². The number of nitrogen functional groups attached to an aromatic ring is 2. The lowest BCUT2D eigenvalue weighted by atomic mass is 10.2. The van der Waals surface area contributed by atoms with Crippen molar-refractivity contribution in [2.75, 3.05) is 11.5 Å². The third-order valence-electron chi connectivity index (χ3n) is 4.07. The molecule has 0 aliphatic heterocycles. The number of carboxylic acid groups (broad SMARTS) is 2. The number of hydrogen-bond acceptors (Lipinski definition) is 6. The van der Waals surface area contributed by atoms with Gasteiger partial charge in [0.05, 0.1) is 11.1 Å². The monoisotopic (exact) mass is 446 g/mol. The van der Waals surface area contributed by atoms with Crippen LogP contribution >= 0.6 is 0 Å². The zero-order valence-corrected chi connectivity index (χ0v) is 17.4. The summed E-state index contributed by atoms with van der Waals surface area (Å²) in [6.45, 7) is 0. The van der Waals surface area contributed by atoms with Crippen molar-refractivity contribution < 1.29 is 24.5 Å². The lowest BCUT2D eigenvalue weighted by Crippen LogP contribution is -2.28. The van der Waals surface area contributed by atoms with E-state index in [4.69, 9.17) is 21.7 Å². The van der Waals surface area contributed by atoms with Gasteiger partial charge < -0.3 is 26.9 Å². The molecule has 0 saturated heterocycles. The zero-order valence-electron chi connectivity index (χ0n) is 17.4. The molecule has 2 heterocycles. The van der Waals surface area contributed by atoms with Crippen LogP contribution in [-0.4, -0.2) is 27.1 Å². The maximum absolute atomic E-state index is 11.3. The molecular formula is C24H22N4O5. The molecule has 0 spiro atoms. The first-order valence-electron chi connectivity index (χ1n) is 9.55. The van der Waals surface area contributed by atoms with Crippen molar-refractivity contribution >= 4 is 23.3 Å². The Bertz CT molecular complexity index is 1130. The standard InChI is InChI=1S/C10H8N2O.2C7H7NO2/c13-12-8-4-2-6-10(12)9-5-1-3-7-11-9;2*8-6-3-1-5(2-4-6)7(9)10/h1-8H;2*1-4H,8H2,(H,9,10). The Morgan fingerprint density at radius 3 is 1.61 bits per heavy atom. The summed E-state index contributed by atoms with van der Waals surface area (Å²) in [6, 6.07) is 22.9. The molecule has 9 nitrogen and oxygen atoms in total. The highest BCUT2D eigenvalue weighted by molar-refractivity contribution is 5.88. The Hall–Kier alpha value is -4.92. The van der Waals surface area contributed by atoms with Gasteiger partial charge in [-0.2, -0.15) is 4.73 Å². The summed E-state index contributed by atoms with van der Waals surface area (Å²) in [5.41, 5.74) is 13.6. The van der Waals surface area contributed by atoms with Crippen molar-refractivity contribution in [2.45, 2.75) is 0 Å². The van der Waals surface area contributed by atoms with Gasteiger partial charge in [-0.25, -0.2) is 14.6 Å². The number of carboxylic acids is 2. The molecule has 0 aliphatic carbocycles. The van der Waals surface area contributed by atoms with E-state index >= 15 is 0 Å². The minimum atomic E-state index is -0.931. The molecule has 168 valence electrons. The maximum Gasteiger partial charge on any atom is 0.335 e. The molecule has 0 amide bonds. The first-order valence-corrected chi connectivity index (χ1v) is 9.55. The quantitative estimate of drug-likeness (QED) is 0.211. The van der Waals surface area contributed by atoms with Crippen LogP contribution in [0, 0.1) is 5.21 Å². The fraction of sp³-hybridized carbons (Fsp3) is 0. The molecule has 6 N–H and O–H groups in total. The Morgan fingerprint density at radius 2 is 1.21 bits per heavy atom. The highest BCUT2D eigenvalue weighted by atomic mass is 16.5. The van der Waals surface area contributed by atoms with Crippen LogP contribution in [0.4, 0.5) is 11.4 Å². The molecule has 0 radical (unpaired) electrons. The van der Waals surface area contributed by atoms with Crippen molar-refractivity contribution in [3.8, 4) is 11.4 Å². The molecule has 0 aliphatic rings. The van der Waals surface area contributed by atoms with Gasteiger partial charge in [-0.15, -0.1) is 0 Å². The maximum atomic E-state index is 11.3. The third-order valence-corrected chi connectivity index (χ3v) is 4.07. The highest BCUT2D eigenvalue weighted by Crippen LogP contribution is 2.09. The van der Waals surface area contributed by atoms with Gasteiger partial charge in [-0.3, -0.25) is 0 Å². The number of rotatable bonds is 3. The molecule has 33 heavy (non-hydrogen) atoms. The van der Waals surface area contributed by atoms with Crippen molar-refractivity contribution in [3.63, 3.8) is 0 Å². The molecule has 2 aromatic heterocycles. The molecule has 0 bridgehead atoms. The fourth-order valence-electron chi connectivity index (χ4n) is 2.39. The Labute approximate surface area is 189 Å². The lowest BCUT2D eigenvalue weighted by molar-refractivity contribution is -0.593. The van der Waals surface area contributed by atoms with Crippen LogP contribution in [0.2, 0.25) is 0 Å². The van der Waals surface area contributed by atoms with Gasteiger partial charge in [0, 0.05) is 29.7 Å². The van der Waals surface area contributed by atoms with Crippen LogP contribution in [0.15, 0.2) is 97.3 Å². The second-order valence-corrected chi connectivity index (χ2v) is 6.48. The van der Waals surface area contributed by atoms with Gasteiger partial charge >= 0.3 is 11.9 Å². The van der Waals surface area contributed by atoms with E-state index in [9.17, 15) is 14.8 Å². The molecule has 0 unspecified atom stereocenters. The molecule has 4 aromatic rings. The van der Waals surface area contributed by atoms with E-state index in [1.54, 1.807) is 42.6 Å². The molecule has 0 atom stereocenters. The molecule has 4 rings (SSSR count). The molecule has 0 saturated carbocycles. The van der Waals surface area contributed by atoms with E-state index in [2.05, 4.69) is 4.98 Å². The Kier molecular flexibility index (Phi) is 8.90. The van der Waals surface area contributed by atoms with Crippen molar-refractivity contribution in [2.24, 2.45) is 0 Å². The summed E-state index contributed by atoms with van der Waals surface area (Å²) in [4.78, 5) is 24.6. The normalized spacial score (nSPS) is 9.45. The second-order valence-electron chi connectivity index (χ2n) is 6.48.